The Morgan fingerprint density at radius 1 is 0.500 bits per heavy atom. The molecule has 1 nitrogen and oxygen atoms in total. The predicted octanol–water partition coefficient (Wildman–Crippen LogP) is 9.15. The highest BCUT2D eigenvalue weighted by molar-refractivity contribution is 4.97. The number of rotatable bonds is 6. The monoisotopic (exact) mass is 441 g/mol. The molecule has 3 atom stereocenters. The average Bonchev–Trinajstić information content (AvgIpc) is 2.86. The third kappa shape index (κ3) is 5.44. The highest BCUT2D eigenvalue weighted by Crippen LogP contribution is 2.47. The van der Waals surface area contributed by atoms with E-state index in [9.17, 15) is 0 Å². The Bertz CT molecular complexity index is 533. The summed E-state index contributed by atoms with van der Waals surface area (Å²) in [5.74, 6) is 5.39. The van der Waals surface area contributed by atoms with E-state index in [0.717, 1.165) is 47.7 Å². The Morgan fingerprint density at radius 2 is 1.09 bits per heavy atom. The van der Waals surface area contributed by atoms with Crippen LogP contribution in [0.3, 0.4) is 0 Å². The Hall–Kier alpha value is -0.0400. The maximum Gasteiger partial charge on any atom is 0.0132 e. The van der Waals surface area contributed by atoms with Crippen molar-refractivity contribution >= 4 is 0 Å². The molecule has 0 saturated heterocycles. The summed E-state index contributed by atoms with van der Waals surface area (Å²) >= 11 is 0. The van der Waals surface area contributed by atoms with E-state index in [2.05, 4.69) is 11.8 Å². The fourth-order valence-corrected chi connectivity index (χ4v) is 9.72. The average molecular weight is 442 g/mol. The van der Waals surface area contributed by atoms with Crippen LogP contribution in [0, 0.1) is 29.6 Å². The second-order valence-corrected chi connectivity index (χ2v) is 13.1. The summed E-state index contributed by atoms with van der Waals surface area (Å²) < 4.78 is 0. The van der Waals surface area contributed by atoms with E-state index in [1.165, 1.54) is 64.2 Å². The zero-order chi connectivity index (χ0) is 21.8. The van der Waals surface area contributed by atoms with Crippen LogP contribution in [0.15, 0.2) is 0 Å². The molecule has 5 aliphatic carbocycles. The quantitative estimate of drug-likeness (QED) is 0.397. The third-order valence-electron chi connectivity index (χ3n) is 11.3. The lowest BCUT2D eigenvalue weighted by Crippen LogP contribution is -2.56. The minimum atomic E-state index is 0.941. The topological polar surface area (TPSA) is 3.24 Å². The van der Waals surface area contributed by atoms with Gasteiger partial charge in [0.15, 0.2) is 0 Å². The highest BCUT2D eigenvalue weighted by atomic mass is 15.2. The molecule has 0 aliphatic heterocycles. The van der Waals surface area contributed by atoms with Crippen LogP contribution in [0.2, 0.25) is 0 Å². The smallest absolute Gasteiger partial charge is 0.0132 e. The van der Waals surface area contributed by atoms with Gasteiger partial charge in [0, 0.05) is 18.1 Å². The minimum absolute atomic E-state index is 0.941. The number of hydrogen-bond acceptors (Lipinski definition) is 1. The maximum absolute atomic E-state index is 3.27. The van der Waals surface area contributed by atoms with Gasteiger partial charge in [-0.2, -0.15) is 0 Å². The summed E-state index contributed by atoms with van der Waals surface area (Å²) in [5.41, 5.74) is 0. The van der Waals surface area contributed by atoms with E-state index in [1.807, 2.05) is 0 Å². The van der Waals surface area contributed by atoms with Crippen molar-refractivity contribution in [2.45, 2.75) is 166 Å². The summed E-state index contributed by atoms with van der Waals surface area (Å²) in [5, 5.41) is 0. The molecule has 5 fully saturated rings. The first-order valence-electron chi connectivity index (χ1n) is 15.6. The van der Waals surface area contributed by atoms with Crippen molar-refractivity contribution in [2.75, 3.05) is 0 Å². The summed E-state index contributed by atoms with van der Waals surface area (Å²) in [7, 11) is 0. The molecule has 1 heteroatoms. The first-order valence-corrected chi connectivity index (χ1v) is 15.6. The Morgan fingerprint density at radius 3 is 1.81 bits per heavy atom. The molecule has 0 aromatic carbocycles. The fraction of sp³-hybridized carbons (Fsp3) is 1.00. The summed E-state index contributed by atoms with van der Waals surface area (Å²) in [4.78, 5) is 3.27. The summed E-state index contributed by atoms with van der Waals surface area (Å²) in [6, 6.07) is 2.85. The Balaban J connectivity index is 1.22. The molecule has 184 valence electrons. The van der Waals surface area contributed by atoms with Gasteiger partial charge in [-0.15, -0.1) is 0 Å². The second kappa shape index (κ2) is 11.6. The molecule has 0 radical (unpaired) electrons. The van der Waals surface area contributed by atoms with Gasteiger partial charge in [-0.1, -0.05) is 84.0 Å². The van der Waals surface area contributed by atoms with Crippen molar-refractivity contribution in [3.8, 4) is 0 Å². The molecule has 5 saturated carbocycles. The molecule has 5 rings (SSSR count). The molecule has 0 spiro atoms. The molecule has 0 N–H and O–H groups in total. The van der Waals surface area contributed by atoms with E-state index >= 15 is 0 Å². The SMILES string of the molecule is CCCC1CCC(C2CCC(N(C3CCCCC3)C3CCCC4CCCCC43)CC2)CC1. The van der Waals surface area contributed by atoms with Crippen LogP contribution in [-0.2, 0) is 0 Å². The van der Waals surface area contributed by atoms with Gasteiger partial charge in [-0.05, 0) is 93.8 Å². The van der Waals surface area contributed by atoms with Crippen LogP contribution in [0.25, 0.3) is 0 Å². The van der Waals surface area contributed by atoms with Gasteiger partial charge in [0.2, 0.25) is 0 Å². The molecule has 3 unspecified atom stereocenters. The van der Waals surface area contributed by atoms with Gasteiger partial charge < -0.3 is 0 Å². The standard InChI is InChI=1S/C31H55N/c1-2-9-24-16-18-25(19-17-24)26-20-22-29(23-21-26)32(28-12-4-3-5-13-28)31-15-8-11-27-10-6-7-14-30(27)31/h24-31H,2-23H2,1H3. The predicted molar refractivity (Wildman–Crippen MR) is 138 cm³/mol. The van der Waals surface area contributed by atoms with Crippen LogP contribution < -0.4 is 0 Å². The van der Waals surface area contributed by atoms with Crippen molar-refractivity contribution in [2.24, 2.45) is 29.6 Å². The van der Waals surface area contributed by atoms with Crippen molar-refractivity contribution in [1.29, 1.82) is 0 Å². The van der Waals surface area contributed by atoms with E-state index in [0.29, 0.717) is 0 Å². The zero-order valence-corrected chi connectivity index (χ0v) is 21.6. The number of hydrogen-bond donors (Lipinski definition) is 0. The van der Waals surface area contributed by atoms with Gasteiger partial charge in [0.25, 0.3) is 0 Å². The van der Waals surface area contributed by atoms with Gasteiger partial charge in [-0.3, -0.25) is 4.90 Å². The fourth-order valence-electron chi connectivity index (χ4n) is 9.72. The van der Waals surface area contributed by atoms with Crippen molar-refractivity contribution in [1.82, 2.24) is 4.90 Å². The Labute approximate surface area is 200 Å². The van der Waals surface area contributed by atoms with Gasteiger partial charge >= 0.3 is 0 Å². The second-order valence-electron chi connectivity index (χ2n) is 13.1. The normalized spacial score (nSPS) is 42.0. The van der Waals surface area contributed by atoms with Crippen LogP contribution in [0.1, 0.15) is 148 Å². The summed E-state index contributed by atoms with van der Waals surface area (Å²) in [6.45, 7) is 2.38. The molecule has 5 aliphatic rings. The lowest BCUT2D eigenvalue weighted by molar-refractivity contribution is -0.0389. The molecule has 0 amide bonds. The third-order valence-corrected chi connectivity index (χ3v) is 11.3. The number of nitrogens with zero attached hydrogens (tertiary/aromatic N) is 1. The van der Waals surface area contributed by atoms with Crippen molar-refractivity contribution in [3.05, 3.63) is 0 Å². The van der Waals surface area contributed by atoms with Crippen molar-refractivity contribution in [3.63, 3.8) is 0 Å². The lowest BCUT2D eigenvalue weighted by atomic mass is 9.66. The minimum Gasteiger partial charge on any atom is -0.294 e. The molecular weight excluding hydrogens is 386 g/mol. The molecule has 0 bridgehead atoms. The molecule has 0 aromatic rings. The van der Waals surface area contributed by atoms with E-state index in [4.69, 9.17) is 0 Å². The highest BCUT2D eigenvalue weighted by Gasteiger charge is 2.43. The lowest BCUT2D eigenvalue weighted by Gasteiger charge is -2.53. The number of fused-ring (bicyclic) bond motifs is 1. The van der Waals surface area contributed by atoms with Crippen LogP contribution in [0.4, 0.5) is 0 Å². The van der Waals surface area contributed by atoms with Gasteiger partial charge in [0.05, 0.1) is 0 Å². The maximum atomic E-state index is 3.27. The van der Waals surface area contributed by atoms with Gasteiger partial charge in [-0.25, -0.2) is 0 Å². The zero-order valence-electron chi connectivity index (χ0n) is 21.6. The molecule has 32 heavy (non-hydrogen) atoms. The van der Waals surface area contributed by atoms with Crippen LogP contribution >= 0.6 is 0 Å². The first kappa shape index (κ1) is 23.7. The van der Waals surface area contributed by atoms with Crippen LogP contribution in [0.5, 0.6) is 0 Å². The first-order chi connectivity index (χ1) is 15.8. The van der Waals surface area contributed by atoms with Gasteiger partial charge in [0.1, 0.15) is 0 Å². The van der Waals surface area contributed by atoms with E-state index in [1.54, 1.807) is 77.0 Å². The summed E-state index contributed by atoms with van der Waals surface area (Å²) in [6.07, 6.45) is 33.8. The van der Waals surface area contributed by atoms with E-state index in [-0.39, 0.29) is 0 Å². The molecular formula is C31H55N. The molecule has 0 aromatic heterocycles. The van der Waals surface area contributed by atoms with Crippen molar-refractivity contribution < 1.29 is 0 Å². The van der Waals surface area contributed by atoms with Crippen LogP contribution in [-0.4, -0.2) is 23.0 Å². The Kier molecular flexibility index (Phi) is 8.58. The largest absolute Gasteiger partial charge is 0.294 e. The van der Waals surface area contributed by atoms with E-state index < -0.39 is 0 Å². The molecule has 0 heterocycles.